The normalized spacial score (nSPS) is 12.7. The van der Waals surface area contributed by atoms with Gasteiger partial charge in [0.1, 0.15) is 5.69 Å². The number of halogens is 12. The molecule has 0 radical (unpaired) electrons. The van der Waals surface area contributed by atoms with E-state index in [-0.39, 0.29) is 16.7 Å². The molecule has 2 amide bonds. The van der Waals surface area contributed by atoms with E-state index < -0.39 is 80.4 Å². The number of anilines is 2. The fraction of sp³-hybridized carbons (Fsp3) is 0.167. The number of carbonyl (C=O) groups excluding carboxylic acids is 2. The Balaban J connectivity index is 2.08. The van der Waals surface area contributed by atoms with Gasteiger partial charge in [0.25, 0.3) is 11.8 Å². The van der Waals surface area contributed by atoms with E-state index in [2.05, 4.69) is 15.9 Å². The third kappa shape index (κ3) is 6.00. The summed E-state index contributed by atoms with van der Waals surface area (Å²) >= 11 is 2.32. The first-order valence-corrected chi connectivity index (χ1v) is 11.4. The van der Waals surface area contributed by atoms with Crippen LogP contribution in [0.3, 0.4) is 0 Å². The van der Waals surface area contributed by atoms with Crippen molar-refractivity contribution >= 4 is 39.1 Å². The van der Waals surface area contributed by atoms with Crippen LogP contribution >= 0.6 is 15.9 Å². The van der Waals surface area contributed by atoms with Crippen molar-refractivity contribution in [1.82, 2.24) is 0 Å². The molecule has 0 spiro atoms. The molecular formula is C24H12BrF11N2O3. The average molecular weight is 665 g/mol. The highest BCUT2D eigenvalue weighted by molar-refractivity contribution is 9.10. The lowest BCUT2D eigenvalue weighted by molar-refractivity contribution is -0.348. The van der Waals surface area contributed by atoms with Crippen LogP contribution in [-0.4, -0.2) is 29.4 Å². The summed E-state index contributed by atoms with van der Waals surface area (Å²) in [5.41, 5.74) is -14.7. The predicted octanol–water partition coefficient (Wildman–Crippen LogP) is 8.18. The first-order valence-electron chi connectivity index (χ1n) is 10.6. The summed E-state index contributed by atoms with van der Waals surface area (Å²) in [7, 11) is 0. The molecule has 0 fully saturated rings. The standard InChI is InChI=1S/C24H12BrF11N2O3/c25-15-10-12(21(27,23(31,32)33)24(34,35)36)9-14(22(28,29)30)18(15)37-19(39)13-7-4-8-16(17(13)26)38(41)20(40)11-5-2-1-3-6-11/h1-10,41H,(H,37,39). The highest BCUT2D eigenvalue weighted by atomic mass is 79.9. The van der Waals surface area contributed by atoms with Gasteiger partial charge in [-0.25, -0.2) is 8.78 Å². The largest absolute Gasteiger partial charge is 0.435 e. The summed E-state index contributed by atoms with van der Waals surface area (Å²) in [6.07, 6.45) is -19.2. The van der Waals surface area contributed by atoms with Crippen LogP contribution in [0.4, 0.5) is 59.7 Å². The van der Waals surface area contributed by atoms with Gasteiger partial charge in [0.2, 0.25) is 0 Å². The van der Waals surface area contributed by atoms with E-state index >= 15 is 4.39 Å². The maximum atomic E-state index is 15.1. The predicted molar refractivity (Wildman–Crippen MR) is 123 cm³/mol. The summed E-state index contributed by atoms with van der Waals surface area (Å²) < 4.78 is 148. The zero-order chi connectivity index (χ0) is 31.1. The minimum Gasteiger partial charge on any atom is -0.320 e. The number of benzene rings is 3. The summed E-state index contributed by atoms with van der Waals surface area (Å²) in [6.45, 7) is 0. The maximum absolute atomic E-state index is 15.1. The van der Waals surface area contributed by atoms with Crippen molar-refractivity contribution in [2.75, 3.05) is 10.4 Å². The molecule has 0 atom stereocenters. The summed E-state index contributed by atoms with van der Waals surface area (Å²) in [5, 5.41) is 11.5. The van der Waals surface area contributed by atoms with Crippen molar-refractivity contribution in [3.8, 4) is 0 Å². The Morgan fingerprint density at radius 1 is 0.805 bits per heavy atom. The van der Waals surface area contributed by atoms with E-state index in [1.54, 1.807) is 0 Å². The lowest BCUT2D eigenvalue weighted by Crippen LogP contribution is -2.50. The Kier molecular flexibility index (Phi) is 8.47. The molecule has 3 aromatic carbocycles. The van der Waals surface area contributed by atoms with Gasteiger partial charge in [-0.1, -0.05) is 24.3 Å². The van der Waals surface area contributed by atoms with Gasteiger partial charge < -0.3 is 5.32 Å². The maximum Gasteiger partial charge on any atom is 0.435 e. The molecule has 0 aliphatic heterocycles. The second kappa shape index (κ2) is 10.9. The average Bonchev–Trinajstić information content (AvgIpc) is 2.86. The summed E-state index contributed by atoms with van der Waals surface area (Å²) in [4.78, 5) is 25.1. The van der Waals surface area contributed by atoms with Gasteiger partial charge in [-0.15, -0.1) is 0 Å². The summed E-state index contributed by atoms with van der Waals surface area (Å²) in [5.74, 6) is -4.55. The SMILES string of the molecule is O=C(Nc1c(Br)cc(C(F)(C(F)(F)F)C(F)(F)F)cc1C(F)(F)F)c1cccc(N(O)C(=O)c2ccccc2)c1F. The lowest BCUT2D eigenvalue weighted by Gasteiger charge is -2.31. The molecule has 0 unspecified atom stereocenters. The monoisotopic (exact) mass is 664 g/mol. The fourth-order valence-electron chi connectivity index (χ4n) is 3.50. The number of hydrogen-bond acceptors (Lipinski definition) is 3. The van der Waals surface area contributed by atoms with Crippen LogP contribution in [0.1, 0.15) is 31.8 Å². The molecule has 0 aromatic heterocycles. The molecule has 2 N–H and O–H groups in total. The molecule has 0 heterocycles. The quantitative estimate of drug-likeness (QED) is 0.164. The molecule has 5 nitrogen and oxygen atoms in total. The van der Waals surface area contributed by atoms with Crippen LogP contribution in [-0.2, 0) is 11.8 Å². The van der Waals surface area contributed by atoms with Gasteiger partial charge in [0.05, 0.1) is 16.8 Å². The van der Waals surface area contributed by atoms with Gasteiger partial charge in [-0.05, 0) is 52.3 Å². The molecule has 17 heteroatoms. The number of alkyl halides is 10. The zero-order valence-corrected chi connectivity index (χ0v) is 21.1. The van der Waals surface area contributed by atoms with Crippen molar-refractivity contribution in [3.05, 3.63) is 93.2 Å². The molecule has 0 bridgehead atoms. The smallest absolute Gasteiger partial charge is 0.320 e. The van der Waals surface area contributed by atoms with Gasteiger partial charge in [-0.3, -0.25) is 14.8 Å². The van der Waals surface area contributed by atoms with Crippen LogP contribution in [0.2, 0.25) is 0 Å². The van der Waals surface area contributed by atoms with E-state index in [1.165, 1.54) is 35.6 Å². The van der Waals surface area contributed by atoms with E-state index in [4.69, 9.17) is 0 Å². The molecule has 220 valence electrons. The van der Waals surface area contributed by atoms with Crippen molar-refractivity contribution in [3.63, 3.8) is 0 Å². The van der Waals surface area contributed by atoms with Crippen LogP contribution in [0, 0.1) is 5.82 Å². The second-order valence-corrected chi connectivity index (χ2v) is 8.96. The third-order valence-corrected chi connectivity index (χ3v) is 6.10. The Hall–Kier alpha value is -3.73. The van der Waals surface area contributed by atoms with Gasteiger partial charge in [0, 0.05) is 15.6 Å². The fourth-order valence-corrected chi connectivity index (χ4v) is 4.06. The number of carbonyl (C=O) groups is 2. The molecule has 41 heavy (non-hydrogen) atoms. The molecule has 0 saturated carbocycles. The van der Waals surface area contributed by atoms with Crippen molar-refractivity contribution in [1.29, 1.82) is 0 Å². The van der Waals surface area contributed by atoms with Crippen molar-refractivity contribution < 1.29 is 63.1 Å². The molecular weight excluding hydrogens is 653 g/mol. The van der Waals surface area contributed by atoms with Gasteiger partial charge >= 0.3 is 24.2 Å². The Morgan fingerprint density at radius 2 is 1.37 bits per heavy atom. The highest BCUT2D eigenvalue weighted by Crippen LogP contribution is 2.55. The van der Waals surface area contributed by atoms with Crippen molar-refractivity contribution in [2.45, 2.75) is 24.2 Å². The number of nitrogens with zero attached hydrogens (tertiary/aromatic N) is 1. The van der Waals surface area contributed by atoms with Crippen molar-refractivity contribution in [2.24, 2.45) is 0 Å². The second-order valence-electron chi connectivity index (χ2n) is 8.11. The van der Waals surface area contributed by atoms with Gasteiger partial charge in [-0.2, -0.15) is 44.6 Å². The van der Waals surface area contributed by atoms with Crippen LogP contribution < -0.4 is 10.4 Å². The molecule has 0 aliphatic rings. The zero-order valence-electron chi connectivity index (χ0n) is 19.5. The number of hydrogen-bond donors (Lipinski definition) is 2. The highest BCUT2D eigenvalue weighted by Gasteiger charge is 2.73. The Bertz CT molecular complexity index is 1460. The lowest BCUT2D eigenvalue weighted by atomic mass is 9.92. The number of nitrogens with one attached hydrogen (secondary N) is 1. The van der Waals surface area contributed by atoms with E-state index in [1.807, 2.05) is 0 Å². The Morgan fingerprint density at radius 3 is 1.88 bits per heavy atom. The van der Waals surface area contributed by atoms with Crippen LogP contribution in [0.25, 0.3) is 0 Å². The Labute approximate surface area is 230 Å². The van der Waals surface area contributed by atoms with E-state index in [9.17, 15) is 58.7 Å². The molecule has 0 saturated heterocycles. The molecule has 3 rings (SSSR count). The number of amides is 2. The molecule has 3 aromatic rings. The van der Waals surface area contributed by atoms with Gasteiger partial charge in [0.15, 0.2) is 5.82 Å². The van der Waals surface area contributed by atoms with Crippen LogP contribution in [0.15, 0.2) is 65.1 Å². The van der Waals surface area contributed by atoms with E-state index in [0.717, 1.165) is 12.1 Å². The topological polar surface area (TPSA) is 69.6 Å². The number of rotatable bonds is 5. The minimum atomic E-state index is -6.74. The first-order chi connectivity index (χ1) is 18.7. The number of hydroxylamine groups is 1. The first kappa shape index (κ1) is 31.8. The molecule has 0 aliphatic carbocycles. The third-order valence-electron chi connectivity index (χ3n) is 5.48. The van der Waals surface area contributed by atoms with Crippen LogP contribution in [0.5, 0.6) is 0 Å². The van der Waals surface area contributed by atoms with E-state index in [0.29, 0.717) is 6.07 Å². The minimum absolute atomic E-state index is 0.134. The summed E-state index contributed by atoms with van der Waals surface area (Å²) in [6, 6.07) is 8.14.